The summed E-state index contributed by atoms with van der Waals surface area (Å²) in [7, 11) is 0. The van der Waals surface area contributed by atoms with E-state index >= 15 is 0 Å². The second kappa shape index (κ2) is 5.84. The van der Waals surface area contributed by atoms with Crippen LogP contribution in [0.15, 0.2) is 29.2 Å². The lowest BCUT2D eigenvalue weighted by Gasteiger charge is -2.22. The van der Waals surface area contributed by atoms with Gasteiger partial charge in [0.25, 0.3) is 0 Å². The maximum absolute atomic E-state index is 12.0. The van der Waals surface area contributed by atoms with Crippen molar-refractivity contribution in [2.24, 2.45) is 0 Å². The van der Waals surface area contributed by atoms with Crippen LogP contribution in [0.1, 0.15) is 12.8 Å². The highest BCUT2D eigenvalue weighted by atomic mass is 32.2. The zero-order valence-corrected chi connectivity index (χ0v) is 10.5. The highest BCUT2D eigenvalue weighted by Crippen LogP contribution is 2.31. The summed E-state index contributed by atoms with van der Waals surface area (Å²) in [5.74, 6) is -0.169. The zero-order valence-electron chi connectivity index (χ0n) is 9.67. The monoisotopic (exact) mass is 277 g/mol. The molecule has 6 heteroatoms. The second-order valence-corrected chi connectivity index (χ2v) is 5.46. The Hall–Kier alpha value is -0.880. The van der Waals surface area contributed by atoms with Gasteiger partial charge >= 0.3 is 6.36 Å². The first-order valence-electron chi connectivity index (χ1n) is 5.76. The summed E-state index contributed by atoms with van der Waals surface area (Å²) in [5, 5.41) is 3.82. The molecule has 1 aromatic carbocycles. The number of rotatable bonds is 3. The third kappa shape index (κ3) is 4.42. The van der Waals surface area contributed by atoms with Crippen molar-refractivity contribution in [2.45, 2.75) is 29.3 Å². The Labute approximate surface area is 108 Å². The number of halogens is 3. The Balaban J connectivity index is 1.90. The molecule has 1 aliphatic heterocycles. The van der Waals surface area contributed by atoms with E-state index in [9.17, 15) is 13.2 Å². The molecule has 2 nitrogen and oxygen atoms in total. The van der Waals surface area contributed by atoms with Gasteiger partial charge < -0.3 is 10.1 Å². The van der Waals surface area contributed by atoms with Gasteiger partial charge in [-0.15, -0.1) is 24.9 Å². The molecule has 0 aliphatic carbocycles. The van der Waals surface area contributed by atoms with Crippen LogP contribution in [0.25, 0.3) is 0 Å². The van der Waals surface area contributed by atoms with E-state index in [4.69, 9.17) is 0 Å². The maximum atomic E-state index is 12.0. The molecule has 1 fully saturated rings. The lowest BCUT2D eigenvalue weighted by atomic mass is 10.2. The summed E-state index contributed by atoms with van der Waals surface area (Å²) in [6, 6.07) is 6.06. The molecular weight excluding hydrogens is 263 g/mol. The normalized spacial score (nSPS) is 17.7. The largest absolute Gasteiger partial charge is 0.573 e. The lowest BCUT2D eigenvalue weighted by molar-refractivity contribution is -0.274. The predicted molar refractivity (Wildman–Crippen MR) is 64.9 cm³/mol. The fraction of sp³-hybridized carbons (Fsp3) is 0.500. The molecule has 100 valence electrons. The molecule has 0 unspecified atom stereocenters. The first-order chi connectivity index (χ1) is 8.53. The molecule has 1 aliphatic rings. The van der Waals surface area contributed by atoms with Crippen molar-refractivity contribution < 1.29 is 17.9 Å². The van der Waals surface area contributed by atoms with Crippen LogP contribution >= 0.6 is 11.8 Å². The van der Waals surface area contributed by atoms with Gasteiger partial charge in [-0.3, -0.25) is 0 Å². The number of hydrogen-bond acceptors (Lipinski definition) is 3. The van der Waals surface area contributed by atoms with Gasteiger partial charge in [0, 0.05) is 10.1 Å². The summed E-state index contributed by atoms with van der Waals surface area (Å²) in [6.45, 7) is 2.01. The molecule has 0 spiro atoms. The Kier molecular flexibility index (Phi) is 4.40. The van der Waals surface area contributed by atoms with Gasteiger partial charge in [-0.1, -0.05) is 0 Å². The SMILES string of the molecule is FC(F)(F)Oc1ccc(SC2CCNCC2)cc1. The first kappa shape index (κ1) is 13.5. The molecule has 0 saturated carbocycles. The van der Waals surface area contributed by atoms with Crippen LogP contribution in [0.4, 0.5) is 13.2 Å². The summed E-state index contributed by atoms with van der Waals surface area (Å²) in [6.07, 6.45) is -2.44. The third-order valence-electron chi connectivity index (χ3n) is 2.65. The Bertz CT molecular complexity index is 374. The number of thioether (sulfide) groups is 1. The number of nitrogens with one attached hydrogen (secondary N) is 1. The van der Waals surface area contributed by atoms with E-state index in [1.54, 1.807) is 23.9 Å². The van der Waals surface area contributed by atoms with E-state index in [0.29, 0.717) is 5.25 Å². The fourth-order valence-electron chi connectivity index (χ4n) is 1.83. The van der Waals surface area contributed by atoms with Gasteiger partial charge in [-0.25, -0.2) is 0 Å². The van der Waals surface area contributed by atoms with E-state index in [0.717, 1.165) is 30.8 Å². The van der Waals surface area contributed by atoms with Gasteiger partial charge in [-0.05, 0) is 50.2 Å². The van der Waals surface area contributed by atoms with Gasteiger partial charge in [0.2, 0.25) is 0 Å². The van der Waals surface area contributed by atoms with Crippen LogP contribution in [-0.4, -0.2) is 24.7 Å². The van der Waals surface area contributed by atoms with E-state index in [-0.39, 0.29) is 5.75 Å². The van der Waals surface area contributed by atoms with Crippen molar-refractivity contribution in [3.05, 3.63) is 24.3 Å². The Morgan fingerprint density at radius 3 is 2.28 bits per heavy atom. The van der Waals surface area contributed by atoms with E-state index in [2.05, 4.69) is 10.1 Å². The van der Waals surface area contributed by atoms with Gasteiger partial charge in [0.15, 0.2) is 0 Å². The van der Waals surface area contributed by atoms with Crippen LogP contribution < -0.4 is 10.1 Å². The van der Waals surface area contributed by atoms with E-state index < -0.39 is 6.36 Å². The molecule has 18 heavy (non-hydrogen) atoms. The van der Waals surface area contributed by atoms with Crippen LogP contribution in [-0.2, 0) is 0 Å². The van der Waals surface area contributed by atoms with Crippen molar-refractivity contribution in [1.29, 1.82) is 0 Å². The van der Waals surface area contributed by atoms with Crippen LogP contribution in [0.5, 0.6) is 5.75 Å². The molecule has 1 heterocycles. The fourth-order valence-corrected chi connectivity index (χ4v) is 2.98. The number of piperidine rings is 1. The smallest absolute Gasteiger partial charge is 0.406 e. The maximum Gasteiger partial charge on any atom is 0.573 e. The summed E-state index contributed by atoms with van der Waals surface area (Å²) in [4.78, 5) is 0.983. The minimum atomic E-state index is -4.62. The van der Waals surface area contributed by atoms with Crippen molar-refractivity contribution in [3.8, 4) is 5.75 Å². The molecule has 1 aromatic rings. The lowest BCUT2D eigenvalue weighted by Crippen LogP contribution is -2.29. The molecule has 0 atom stereocenters. The predicted octanol–water partition coefficient (Wildman–Crippen LogP) is 3.43. The Morgan fingerprint density at radius 1 is 1.11 bits per heavy atom. The molecule has 0 bridgehead atoms. The average molecular weight is 277 g/mol. The van der Waals surface area contributed by atoms with Crippen molar-refractivity contribution in [3.63, 3.8) is 0 Å². The van der Waals surface area contributed by atoms with Crippen molar-refractivity contribution >= 4 is 11.8 Å². The van der Waals surface area contributed by atoms with E-state index in [1.165, 1.54) is 12.1 Å². The number of ether oxygens (including phenoxy) is 1. The standard InChI is InChI=1S/C12H14F3NOS/c13-12(14,15)17-9-1-3-10(4-2-9)18-11-5-7-16-8-6-11/h1-4,11,16H,5-8H2. The minimum Gasteiger partial charge on any atom is -0.406 e. The third-order valence-corrected chi connectivity index (χ3v) is 4.00. The van der Waals surface area contributed by atoms with Gasteiger partial charge in [-0.2, -0.15) is 0 Å². The number of alkyl halides is 3. The molecule has 0 radical (unpaired) electrons. The summed E-state index contributed by atoms with van der Waals surface area (Å²) >= 11 is 1.71. The van der Waals surface area contributed by atoms with Crippen LogP contribution in [0.2, 0.25) is 0 Å². The summed E-state index contributed by atoms with van der Waals surface area (Å²) < 4.78 is 39.8. The molecule has 1 N–H and O–H groups in total. The van der Waals surface area contributed by atoms with Crippen LogP contribution in [0.3, 0.4) is 0 Å². The van der Waals surface area contributed by atoms with Gasteiger partial charge in [0.05, 0.1) is 0 Å². The Morgan fingerprint density at radius 2 is 1.72 bits per heavy atom. The van der Waals surface area contributed by atoms with E-state index in [1.807, 2.05) is 0 Å². The van der Waals surface area contributed by atoms with Gasteiger partial charge in [0.1, 0.15) is 5.75 Å². The van der Waals surface area contributed by atoms with Crippen molar-refractivity contribution in [1.82, 2.24) is 5.32 Å². The highest BCUT2D eigenvalue weighted by Gasteiger charge is 2.30. The number of benzene rings is 1. The highest BCUT2D eigenvalue weighted by molar-refractivity contribution is 8.00. The molecular formula is C12H14F3NOS. The molecule has 2 rings (SSSR count). The second-order valence-electron chi connectivity index (χ2n) is 4.09. The minimum absolute atomic E-state index is 0.169. The summed E-state index contributed by atoms with van der Waals surface area (Å²) in [5.41, 5.74) is 0. The van der Waals surface area contributed by atoms with Crippen LogP contribution in [0, 0.1) is 0 Å². The molecule has 0 amide bonds. The zero-order chi connectivity index (χ0) is 13.0. The number of hydrogen-bond donors (Lipinski definition) is 1. The van der Waals surface area contributed by atoms with Crippen molar-refractivity contribution in [2.75, 3.05) is 13.1 Å². The quantitative estimate of drug-likeness (QED) is 0.914. The topological polar surface area (TPSA) is 21.3 Å². The first-order valence-corrected chi connectivity index (χ1v) is 6.64. The molecule has 0 aromatic heterocycles. The average Bonchev–Trinajstić information content (AvgIpc) is 2.31. The molecule has 1 saturated heterocycles.